The van der Waals surface area contributed by atoms with Crippen LogP contribution in [0.2, 0.25) is 0 Å². The molecule has 362 valence electrons. The predicted molar refractivity (Wildman–Crippen MR) is 316 cm³/mol. The molecule has 3 aliphatic heterocycles. The summed E-state index contributed by atoms with van der Waals surface area (Å²) in [4.78, 5) is 4.82. The van der Waals surface area contributed by atoms with Gasteiger partial charge in [-0.15, -0.1) is 0 Å². The Labute approximate surface area is 446 Å². The lowest BCUT2D eigenvalue weighted by Gasteiger charge is -2.38. The molecule has 11 aromatic carbocycles. The molecule has 77 heavy (non-hydrogen) atoms. The first-order valence-corrected chi connectivity index (χ1v) is 26.5. The second-order valence-corrected chi connectivity index (χ2v) is 20.4. The molecule has 1 aliphatic carbocycles. The molecule has 2 unspecified atom stereocenters. The van der Waals surface area contributed by atoms with Crippen molar-refractivity contribution in [1.82, 2.24) is 4.57 Å². The molecule has 0 radical (unpaired) electrons. The van der Waals surface area contributed by atoms with Gasteiger partial charge in [0.05, 0.1) is 34.1 Å². The van der Waals surface area contributed by atoms with E-state index in [2.05, 4.69) is 263 Å². The average molecular weight is 986 g/mol. The minimum Gasteiger partial charge on any atom is -0.453 e. The Morgan fingerprint density at radius 2 is 0.792 bits per heavy atom. The third kappa shape index (κ3) is 7.01. The van der Waals surface area contributed by atoms with Crippen LogP contribution in [0.1, 0.15) is 11.5 Å². The van der Waals surface area contributed by atoms with E-state index in [9.17, 15) is 0 Å². The van der Waals surface area contributed by atoms with Crippen LogP contribution in [0, 0.1) is 0 Å². The van der Waals surface area contributed by atoms with Crippen LogP contribution in [0.15, 0.2) is 273 Å². The summed E-state index contributed by atoms with van der Waals surface area (Å²) in [5.41, 5.74) is 21.7. The lowest BCUT2D eigenvalue weighted by Crippen LogP contribution is -2.28. The van der Waals surface area contributed by atoms with Gasteiger partial charge in [-0.05, 0) is 152 Å². The summed E-state index contributed by atoms with van der Waals surface area (Å²) in [6.07, 6.45) is 9.16. The molecular weight excluding hydrogens is 939 g/mol. The number of allylic oxidation sites excluding steroid dienone is 2. The fourth-order valence-corrected chi connectivity index (χ4v) is 12.5. The first-order chi connectivity index (χ1) is 38.1. The van der Waals surface area contributed by atoms with Gasteiger partial charge in [-0.1, -0.05) is 170 Å². The van der Waals surface area contributed by atoms with Crippen molar-refractivity contribution in [2.75, 3.05) is 9.80 Å². The first-order valence-electron chi connectivity index (χ1n) is 26.5. The van der Waals surface area contributed by atoms with Crippen LogP contribution in [0.5, 0.6) is 23.0 Å². The van der Waals surface area contributed by atoms with Crippen molar-refractivity contribution < 1.29 is 9.47 Å². The maximum absolute atomic E-state index is 6.78. The number of ether oxygens (including phenoxy) is 2. The fraction of sp³-hybridized carbons (Fsp3) is 0.0278. The monoisotopic (exact) mass is 985 g/mol. The number of para-hydroxylation sites is 4. The van der Waals surface area contributed by atoms with Gasteiger partial charge in [-0.25, -0.2) is 0 Å². The topological polar surface area (TPSA) is 29.9 Å². The fourth-order valence-electron chi connectivity index (χ4n) is 12.5. The van der Waals surface area contributed by atoms with E-state index in [1.54, 1.807) is 0 Å². The van der Waals surface area contributed by atoms with E-state index >= 15 is 0 Å². The Kier molecular flexibility index (Phi) is 9.70. The van der Waals surface area contributed by atoms with Crippen LogP contribution in [-0.4, -0.2) is 10.6 Å². The molecule has 0 spiro atoms. The van der Waals surface area contributed by atoms with E-state index in [0.717, 1.165) is 56.8 Å². The van der Waals surface area contributed by atoms with E-state index in [4.69, 9.17) is 9.47 Å². The van der Waals surface area contributed by atoms with Crippen molar-refractivity contribution in [3.63, 3.8) is 0 Å². The van der Waals surface area contributed by atoms with Gasteiger partial charge in [0, 0.05) is 40.2 Å². The number of aromatic nitrogens is 1. The highest BCUT2D eigenvalue weighted by Crippen LogP contribution is 2.60. The maximum atomic E-state index is 6.78. The minimum absolute atomic E-state index is 0.136. The molecule has 4 heterocycles. The molecule has 1 aromatic heterocycles. The van der Waals surface area contributed by atoms with Gasteiger partial charge in [-0.2, -0.15) is 0 Å². The Balaban J connectivity index is 0.814. The van der Waals surface area contributed by atoms with Gasteiger partial charge in [-0.3, -0.25) is 4.90 Å². The number of benzene rings is 11. The van der Waals surface area contributed by atoms with Gasteiger partial charge >= 0.3 is 0 Å². The molecule has 16 rings (SSSR count). The van der Waals surface area contributed by atoms with E-state index in [1.165, 1.54) is 83.3 Å². The van der Waals surface area contributed by atoms with Crippen molar-refractivity contribution in [2.24, 2.45) is 0 Å². The smallest absolute Gasteiger partial charge is 0.157 e. The van der Waals surface area contributed by atoms with Crippen LogP contribution in [0.25, 0.3) is 83.1 Å². The highest BCUT2D eigenvalue weighted by atomic mass is 16.5. The number of anilines is 5. The van der Waals surface area contributed by atoms with Gasteiger partial charge in [0.1, 0.15) is 5.69 Å². The van der Waals surface area contributed by atoms with Gasteiger partial charge in [0.2, 0.25) is 0 Å². The first kappa shape index (κ1) is 43.3. The number of hydrogen-bond donors (Lipinski definition) is 0. The van der Waals surface area contributed by atoms with Crippen molar-refractivity contribution in [1.29, 1.82) is 0 Å². The van der Waals surface area contributed by atoms with Gasteiger partial charge in [0.15, 0.2) is 23.0 Å². The zero-order valence-electron chi connectivity index (χ0n) is 41.8. The third-order valence-electron chi connectivity index (χ3n) is 16.0. The number of rotatable bonds is 7. The summed E-state index contributed by atoms with van der Waals surface area (Å²) in [7, 11) is 0. The molecular formula is C72H47N3O2. The second kappa shape index (κ2) is 17.2. The van der Waals surface area contributed by atoms with E-state index < -0.39 is 0 Å². The molecule has 0 bridgehead atoms. The minimum atomic E-state index is 0.136. The third-order valence-corrected chi connectivity index (χ3v) is 16.0. The lowest BCUT2D eigenvalue weighted by molar-refractivity contribution is 0.445. The summed E-state index contributed by atoms with van der Waals surface area (Å²) >= 11 is 0. The SMILES string of the molecule is C1=CC2c3cc(-c4ccc5c(c4)c4cc(-c6ccccc6)ccc4n5-c4cc5c6c(c4)Oc4ccccc4N6c4ccccc4O5)ccc3N(c3cccc(-c4cc(-c5ccccc5)cc(-c5ccccc5)c4)c3)C2C=C1. The largest absolute Gasteiger partial charge is 0.453 e. The average Bonchev–Trinajstić information content (AvgIpc) is 4.13. The zero-order chi connectivity index (χ0) is 50.6. The Morgan fingerprint density at radius 3 is 1.40 bits per heavy atom. The molecule has 5 nitrogen and oxygen atoms in total. The maximum Gasteiger partial charge on any atom is 0.157 e. The molecule has 0 fully saturated rings. The van der Waals surface area contributed by atoms with E-state index in [0.29, 0.717) is 0 Å². The van der Waals surface area contributed by atoms with E-state index in [-0.39, 0.29) is 12.0 Å². The molecule has 4 aliphatic rings. The highest BCUT2D eigenvalue weighted by Gasteiger charge is 2.38. The summed E-state index contributed by atoms with van der Waals surface area (Å²) in [6.45, 7) is 0. The quantitative estimate of drug-likeness (QED) is 0.159. The Hall–Kier alpha value is -10.1. The predicted octanol–water partition coefficient (Wildman–Crippen LogP) is 19.5. The zero-order valence-corrected chi connectivity index (χ0v) is 41.8. The van der Waals surface area contributed by atoms with Gasteiger partial charge < -0.3 is 18.9 Å². The number of nitrogens with zero attached hydrogens (tertiary/aromatic N) is 3. The molecule has 5 heteroatoms. The molecule has 2 atom stereocenters. The van der Waals surface area contributed by atoms with Crippen molar-refractivity contribution in [2.45, 2.75) is 12.0 Å². The summed E-state index contributed by atoms with van der Waals surface area (Å²) < 4.78 is 15.9. The van der Waals surface area contributed by atoms with Crippen LogP contribution < -0.4 is 19.3 Å². The summed E-state index contributed by atoms with van der Waals surface area (Å²) in [5, 5.41) is 2.34. The van der Waals surface area contributed by atoms with Crippen LogP contribution in [0.3, 0.4) is 0 Å². The lowest BCUT2D eigenvalue weighted by atomic mass is 9.89. The molecule has 0 N–H and O–H groups in total. The Morgan fingerprint density at radius 1 is 0.312 bits per heavy atom. The van der Waals surface area contributed by atoms with Crippen molar-refractivity contribution in [3.05, 3.63) is 279 Å². The molecule has 0 saturated carbocycles. The molecule has 0 amide bonds. The normalized spacial score (nSPS) is 15.3. The molecule has 0 saturated heterocycles. The standard InChI is InChI=1S/C72H47N3O2/c1-4-17-46(18-5-1)50-31-34-64-60(41-50)61-43-52(33-36-65(61)74(64)57-44-70-72-71(45-57)77-69-30-15-13-28-67(69)75(72)66-27-12-14-29-68(66)76-70)51-32-35-63-59(42-51)58-25-10-11-26-62(58)73(63)56-24-16-23-49(40-56)55-38-53(47-19-6-2-7-20-47)37-54(39-55)48-21-8-3-9-22-48/h1-45,58,62H. The Bertz CT molecular complexity index is 4290. The highest BCUT2D eigenvalue weighted by molar-refractivity contribution is 6.12. The van der Waals surface area contributed by atoms with Crippen LogP contribution in [0.4, 0.5) is 28.4 Å². The summed E-state index contributed by atoms with van der Waals surface area (Å²) in [5.74, 6) is 3.29. The van der Waals surface area contributed by atoms with Crippen molar-refractivity contribution >= 4 is 50.2 Å². The van der Waals surface area contributed by atoms with Crippen molar-refractivity contribution in [3.8, 4) is 84.3 Å². The van der Waals surface area contributed by atoms with Crippen LogP contribution >= 0.6 is 0 Å². The van der Waals surface area contributed by atoms with Crippen LogP contribution in [-0.2, 0) is 0 Å². The van der Waals surface area contributed by atoms with E-state index in [1.807, 2.05) is 24.3 Å². The molecule has 12 aromatic rings. The number of fused-ring (bicyclic) bond motifs is 10. The summed E-state index contributed by atoms with van der Waals surface area (Å²) in [6, 6.07) is 90.1. The second-order valence-electron chi connectivity index (χ2n) is 20.4. The number of hydrogen-bond acceptors (Lipinski definition) is 4. The van der Waals surface area contributed by atoms with Gasteiger partial charge in [0.25, 0.3) is 0 Å².